The summed E-state index contributed by atoms with van der Waals surface area (Å²) in [4.78, 5) is 13.7. The molecule has 1 aromatic heterocycles. The first-order valence-corrected chi connectivity index (χ1v) is 8.43. The summed E-state index contributed by atoms with van der Waals surface area (Å²) in [6, 6.07) is 6.68. The van der Waals surface area contributed by atoms with E-state index in [-0.39, 0.29) is 11.9 Å². The van der Waals surface area contributed by atoms with Crippen molar-refractivity contribution < 1.29 is 9.18 Å². The van der Waals surface area contributed by atoms with Gasteiger partial charge in [-0.15, -0.1) is 0 Å². The summed E-state index contributed by atoms with van der Waals surface area (Å²) >= 11 is 0. The van der Waals surface area contributed by atoms with Gasteiger partial charge < -0.3 is 11.1 Å². The van der Waals surface area contributed by atoms with Crippen molar-refractivity contribution in [1.29, 1.82) is 5.26 Å². The number of benzene rings is 1. The van der Waals surface area contributed by atoms with E-state index in [4.69, 9.17) is 11.0 Å². The Bertz CT molecular complexity index is 856. The number of amides is 1. The van der Waals surface area contributed by atoms with Crippen LogP contribution in [0.15, 0.2) is 24.4 Å². The van der Waals surface area contributed by atoms with E-state index in [1.165, 1.54) is 6.07 Å². The molecule has 1 unspecified atom stereocenters. The van der Waals surface area contributed by atoms with E-state index in [0.717, 1.165) is 25.1 Å². The highest BCUT2D eigenvalue weighted by molar-refractivity contribution is 5.92. The fourth-order valence-electron chi connectivity index (χ4n) is 3.26. The van der Waals surface area contributed by atoms with E-state index in [1.807, 2.05) is 12.3 Å². The standard InChI is InChI=1S/C18H21FN6O/c1-24-9-14(17(23-24)18(21)26)10-25-5-4-15(11-25)22-8-13-3-2-12(7-20)6-16(13)19/h2-3,6,9,15,22H,4-5,8,10-11H2,1H3,(H2,21,26). The minimum absolute atomic E-state index is 0.235. The van der Waals surface area contributed by atoms with Crippen molar-refractivity contribution in [2.24, 2.45) is 12.8 Å². The van der Waals surface area contributed by atoms with Crippen molar-refractivity contribution in [1.82, 2.24) is 20.0 Å². The van der Waals surface area contributed by atoms with Crippen LogP contribution in [-0.4, -0.2) is 39.7 Å². The second-order valence-corrected chi connectivity index (χ2v) is 6.56. The van der Waals surface area contributed by atoms with E-state index in [1.54, 1.807) is 23.9 Å². The van der Waals surface area contributed by atoms with Gasteiger partial charge >= 0.3 is 0 Å². The number of carbonyl (C=O) groups excluding carboxylic acids is 1. The van der Waals surface area contributed by atoms with Gasteiger partial charge in [0, 0.05) is 56.6 Å². The van der Waals surface area contributed by atoms with Gasteiger partial charge in [-0.1, -0.05) is 6.07 Å². The van der Waals surface area contributed by atoms with Crippen LogP contribution >= 0.6 is 0 Å². The number of halogens is 1. The number of hydrogen-bond donors (Lipinski definition) is 2. The van der Waals surface area contributed by atoms with Crippen molar-refractivity contribution in [3.05, 3.63) is 52.6 Å². The lowest BCUT2D eigenvalue weighted by Gasteiger charge is -2.16. The molecule has 0 radical (unpaired) electrons. The highest BCUT2D eigenvalue weighted by Crippen LogP contribution is 2.17. The molecular weight excluding hydrogens is 335 g/mol. The van der Waals surface area contributed by atoms with Crippen molar-refractivity contribution in [3.8, 4) is 6.07 Å². The van der Waals surface area contributed by atoms with Crippen LogP contribution in [0.3, 0.4) is 0 Å². The quantitative estimate of drug-likeness (QED) is 0.801. The number of aryl methyl sites for hydroxylation is 1. The number of rotatable bonds is 6. The number of aromatic nitrogens is 2. The van der Waals surface area contributed by atoms with Crippen molar-refractivity contribution in [2.75, 3.05) is 13.1 Å². The maximum Gasteiger partial charge on any atom is 0.269 e. The molecule has 7 nitrogen and oxygen atoms in total. The summed E-state index contributed by atoms with van der Waals surface area (Å²) in [6.07, 6.45) is 2.75. The van der Waals surface area contributed by atoms with Crippen LogP contribution in [0.2, 0.25) is 0 Å². The van der Waals surface area contributed by atoms with Crippen LogP contribution in [0.25, 0.3) is 0 Å². The van der Waals surface area contributed by atoms with Crippen molar-refractivity contribution in [2.45, 2.75) is 25.6 Å². The molecule has 1 aliphatic rings. The highest BCUT2D eigenvalue weighted by Gasteiger charge is 2.24. The van der Waals surface area contributed by atoms with Gasteiger partial charge in [0.05, 0.1) is 11.6 Å². The van der Waals surface area contributed by atoms with E-state index in [2.05, 4.69) is 15.3 Å². The number of nitrogens with one attached hydrogen (secondary N) is 1. The fourth-order valence-corrected chi connectivity index (χ4v) is 3.26. The largest absolute Gasteiger partial charge is 0.364 e. The molecule has 1 saturated heterocycles. The summed E-state index contributed by atoms with van der Waals surface area (Å²) in [7, 11) is 1.76. The highest BCUT2D eigenvalue weighted by atomic mass is 19.1. The molecule has 136 valence electrons. The average molecular weight is 356 g/mol. The van der Waals surface area contributed by atoms with Crippen LogP contribution in [-0.2, 0) is 20.1 Å². The SMILES string of the molecule is Cn1cc(CN2CCC(NCc3ccc(C#N)cc3F)C2)c(C(N)=O)n1. The van der Waals surface area contributed by atoms with Crippen LogP contribution in [0.5, 0.6) is 0 Å². The molecule has 3 rings (SSSR count). The molecule has 8 heteroatoms. The Kier molecular flexibility index (Phi) is 5.30. The Balaban J connectivity index is 1.55. The predicted molar refractivity (Wildman–Crippen MR) is 93.4 cm³/mol. The van der Waals surface area contributed by atoms with Gasteiger partial charge in [-0.05, 0) is 18.6 Å². The zero-order valence-electron chi connectivity index (χ0n) is 14.6. The monoisotopic (exact) mass is 356 g/mol. The minimum Gasteiger partial charge on any atom is -0.364 e. The minimum atomic E-state index is -0.522. The fraction of sp³-hybridized carbons (Fsp3) is 0.389. The number of likely N-dealkylation sites (tertiary alicyclic amines) is 1. The molecule has 1 aliphatic heterocycles. The Labute approximate surface area is 151 Å². The molecule has 2 heterocycles. The average Bonchev–Trinajstić information content (AvgIpc) is 3.20. The third kappa shape index (κ3) is 4.07. The van der Waals surface area contributed by atoms with Gasteiger partial charge in [-0.25, -0.2) is 4.39 Å². The zero-order chi connectivity index (χ0) is 18.7. The van der Waals surface area contributed by atoms with Crippen LogP contribution < -0.4 is 11.1 Å². The molecular formula is C18H21FN6O. The number of primary amides is 1. The molecule has 0 saturated carbocycles. The number of nitrogens with zero attached hydrogens (tertiary/aromatic N) is 4. The maximum absolute atomic E-state index is 13.9. The van der Waals surface area contributed by atoms with Crippen LogP contribution in [0.4, 0.5) is 4.39 Å². The van der Waals surface area contributed by atoms with Crippen LogP contribution in [0, 0.1) is 17.1 Å². The molecule has 1 fully saturated rings. The smallest absolute Gasteiger partial charge is 0.269 e. The molecule has 1 amide bonds. The number of carbonyl (C=O) groups is 1. The van der Waals surface area contributed by atoms with Crippen molar-refractivity contribution >= 4 is 5.91 Å². The van der Waals surface area contributed by atoms with Gasteiger partial charge in [0.15, 0.2) is 5.69 Å². The molecule has 1 atom stereocenters. The molecule has 2 aromatic rings. The Morgan fingerprint density at radius 2 is 2.31 bits per heavy atom. The Morgan fingerprint density at radius 3 is 3.00 bits per heavy atom. The third-order valence-electron chi connectivity index (χ3n) is 4.57. The first-order valence-electron chi connectivity index (χ1n) is 8.43. The van der Waals surface area contributed by atoms with E-state index < -0.39 is 5.91 Å². The Hall–Kier alpha value is -2.76. The normalized spacial score (nSPS) is 17.3. The second-order valence-electron chi connectivity index (χ2n) is 6.56. The third-order valence-corrected chi connectivity index (χ3v) is 4.57. The van der Waals surface area contributed by atoms with E-state index in [0.29, 0.717) is 29.9 Å². The lowest BCUT2D eigenvalue weighted by Crippen LogP contribution is -2.32. The topological polar surface area (TPSA) is 100.0 Å². The van der Waals surface area contributed by atoms with Gasteiger partial charge in [0.2, 0.25) is 0 Å². The van der Waals surface area contributed by atoms with E-state index in [9.17, 15) is 9.18 Å². The second kappa shape index (κ2) is 7.64. The molecule has 0 spiro atoms. The molecule has 0 aliphatic carbocycles. The summed E-state index contributed by atoms with van der Waals surface area (Å²) in [5.74, 6) is -0.890. The predicted octanol–water partition coefficient (Wildman–Crippen LogP) is 0.894. The van der Waals surface area contributed by atoms with Gasteiger partial charge in [0.1, 0.15) is 5.82 Å². The van der Waals surface area contributed by atoms with Crippen LogP contribution in [0.1, 0.15) is 33.6 Å². The lowest BCUT2D eigenvalue weighted by molar-refractivity contribution is 0.0993. The number of nitriles is 1. The maximum atomic E-state index is 13.9. The molecule has 0 bridgehead atoms. The van der Waals surface area contributed by atoms with Gasteiger partial charge in [0.25, 0.3) is 5.91 Å². The first-order chi connectivity index (χ1) is 12.5. The first kappa shape index (κ1) is 18.0. The zero-order valence-corrected chi connectivity index (χ0v) is 14.6. The number of hydrogen-bond acceptors (Lipinski definition) is 5. The summed E-state index contributed by atoms with van der Waals surface area (Å²) in [6.45, 7) is 2.69. The molecule has 26 heavy (non-hydrogen) atoms. The molecule has 1 aromatic carbocycles. The van der Waals surface area contributed by atoms with Gasteiger partial charge in [-0.2, -0.15) is 10.4 Å². The summed E-state index contributed by atoms with van der Waals surface area (Å²) in [5.41, 5.74) is 7.37. The van der Waals surface area contributed by atoms with Gasteiger partial charge in [-0.3, -0.25) is 14.4 Å². The van der Waals surface area contributed by atoms with Crippen molar-refractivity contribution in [3.63, 3.8) is 0 Å². The molecule has 3 N–H and O–H groups in total. The number of nitrogens with two attached hydrogens (primary N) is 1. The Morgan fingerprint density at radius 1 is 1.50 bits per heavy atom. The lowest BCUT2D eigenvalue weighted by atomic mass is 10.1. The summed E-state index contributed by atoms with van der Waals surface area (Å²) < 4.78 is 15.5. The van der Waals surface area contributed by atoms with E-state index >= 15 is 0 Å². The summed E-state index contributed by atoms with van der Waals surface area (Å²) in [5, 5.41) is 16.3.